The van der Waals surface area contributed by atoms with E-state index < -0.39 is 35.4 Å². The predicted octanol–water partition coefficient (Wildman–Crippen LogP) is 1.73. The van der Waals surface area contributed by atoms with Crippen LogP contribution >= 0.6 is 0 Å². The lowest BCUT2D eigenvalue weighted by Crippen LogP contribution is -2.48. The van der Waals surface area contributed by atoms with Crippen molar-refractivity contribution in [1.82, 2.24) is 0 Å². The zero-order valence-electron chi connectivity index (χ0n) is 15.3. The zero-order valence-corrected chi connectivity index (χ0v) is 15.3. The summed E-state index contributed by atoms with van der Waals surface area (Å²) in [5.74, 6) is -3.66. The highest BCUT2D eigenvalue weighted by Gasteiger charge is 2.50. The number of hydrogen-bond donors (Lipinski definition) is 3. The summed E-state index contributed by atoms with van der Waals surface area (Å²) in [5.41, 5.74) is -0.955. The fourth-order valence-corrected chi connectivity index (χ4v) is 4.18. The first-order chi connectivity index (χ1) is 11.4. The van der Waals surface area contributed by atoms with Crippen LogP contribution < -0.4 is 0 Å². The lowest BCUT2D eigenvalue weighted by Gasteiger charge is -2.40. The van der Waals surface area contributed by atoms with Crippen molar-refractivity contribution in [1.29, 1.82) is 0 Å². The minimum absolute atomic E-state index is 0.0627. The number of hydrogen-bond acceptors (Lipinski definition) is 6. The van der Waals surface area contributed by atoms with Gasteiger partial charge in [-0.1, -0.05) is 27.7 Å². The summed E-state index contributed by atoms with van der Waals surface area (Å²) in [7, 11) is 0. The van der Waals surface area contributed by atoms with Crippen LogP contribution in [0.25, 0.3) is 0 Å². The van der Waals surface area contributed by atoms with Crippen LogP contribution in [0, 0.1) is 22.7 Å². The molecule has 25 heavy (non-hydrogen) atoms. The number of allylic oxidation sites excluding steroid dienone is 1. The third-order valence-electron chi connectivity index (χ3n) is 5.19. The van der Waals surface area contributed by atoms with E-state index in [0.29, 0.717) is 0 Å². The molecule has 0 aromatic rings. The number of Topliss-reactive ketones (excluding diaryl/α,β-unsaturated/α-hetero) is 3. The number of aliphatic hydroxyl groups excluding tert-OH is 3. The first-order valence-corrected chi connectivity index (χ1v) is 8.68. The van der Waals surface area contributed by atoms with Gasteiger partial charge in [-0.15, -0.1) is 0 Å². The van der Waals surface area contributed by atoms with Gasteiger partial charge in [-0.25, -0.2) is 0 Å². The van der Waals surface area contributed by atoms with E-state index in [4.69, 9.17) is 0 Å². The van der Waals surface area contributed by atoms with Gasteiger partial charge in [-0.05, 0) is 10.8 Å². The van der Waals surface area contributed by atoms with Gasteiger partial charge in [0, 0.05) is 37.2 Å². The predicted molar refractivity (Wildman–Crippen MR) is 90.8 cm³/mol. The molecule has 0 heterocycles. The molecule has 6 nitrogen and oxygen atoms in total. The molecule has 2 aliphatic carbocycles. The standard InChI is InChI=1S/C19H28O6/c1-18(2)5-10(21)15(11(22)6-18)17(14(25)9-20)16-12(23)7-19(3,4)8-13(16)24/h14-15,17,20,23,25H,5-9H2,1-4H3/t14-,17+/m1/s1. The summed E-state index contributed by atoms with van der Waals surface area (Å²) in [6, 6.07) is 0. The normalized spacial score (nSPS) is 26.7. The molecule has 0 bridgehead atoms. The topological polar surface area (TPSA) is 112 Å². The van der Waals surface area contributed by atoms with E-state index in [0.717, 1.165) is 0 Å². The smallest absolute Gasteiger partial charge is 0.163 e. The molecule has 140 valence electrons. The maximum Gasteiger partial charge on any atom is 0.163 e. The van der Waals surface area contributed by atoms with Crippen molar-refractivity contribution in [2.24, 2.45) is 22.7 Å². The lowest BCUT2D eigenvalue weighted by molar-refractivity contribution is -0.144. The molecule has 0 aromatic carbocycles. The Kier molecular flexibility index (Phi) is 5.26. The van der Waals surface area contributed by atoms with Crippen LogP contribution in [0.3, 0.4) is 0 Å². The quantitative estimate of drug-likeness (QED) is 0.664. The number of aliphatic hydroxyl groups is 3. The van der Waals surface area contributed by atoms with Crippen molar-refractivity contribution in [3.8, 4) is 0 Å². The zero-order chi connectivity index (χ0) is 19.2. The van der Waals surface area contributed by atoms with Gasteiger partial charge in [0.25, 0.3) is 0 Å². The fourth-order valence-electron chi connectivity index (χ4n) is 4.18. The van der Waals surface area contributed by atoms with Crippen LogP contribution in [0.5, 0.6) is 0 Å². The Balaban J connectivity index is 2.49. The van der Waals surface area contributed by atoms with E-state index in [2.05, 4.69) is 0 Å². The second-order valence-electron chi connectivity index (χ2n) is 9.01. The largest absolute Gasteiger partial charge is 0.512 e. The number of rotatable bonds is 4. The lowest BCUT2D eigenvalue weighted by atomic mass is 9.63. The summed E-state index contributed by atoms with van der Waals surface area (Å²) in [4.78, 5) is 37.9. The van der Waals surface area contributed by atoms with Gasteiger partial charge in [0.1, 0.15) is 11.6 Å². The third kappa shape index (κ3) is 4.01. The van der Waals surface area contributed by atoms with Gasteiger partial charge in [-0.2, -0.15) is 0 Å². The molecule has 6 heteroatoms. The van der Waals surface area contributed by atoms with Gasteiger partial charge in [0.05, 0.1) is 24.4 Å². The van der Waals surface area contributed by atoms with E-state index in [1.807, 2.05) is 27.7 Å². The molecule has 2 atom stereocenters. The highest BCUT2D eigenvalue weighted by Crippen LogP contribution is 2.44. The monoisotopic (exact) mass is 352 g/mol. The Bertz CT molecular complexity index is 608. The highest BCUT2D eigenvalue weighted by molar-refractivity contribution is 6.08. The van der Waals surface area contributed by atoms with Crippen LogP contribution in [-0.4, -0.2) is 45.4 Å². The minimum Gasteiger partial charge on any atom is -0.512 e. The van der Waals surface area contributed by atoms with E-state index in [1.54, 1.807) is 0 Å². The molecule has 0 unspecified atom stereocenters. The van der Waals surface area contributed by atoms with Crippen LogP contribution in [-0.2, 0) is 14.4 Å². The second-order valence-corrected chi connectivity index (χ2v) is 9.01. The molecule has 0 saturated heterocycles. The first kappa shape index (κ1) is 19.8. The molecule has 3 N–H and O–H groups in total. The molecule has 0 radical (unpaired) electrons. The van der Waals surface area contributed by atoms with Crippen molar-refractivity contribution in [3.63, 3.8) is 0 Å². The van der Waals surface area contributed by atoms with Crippen LogP contribution in [0.4, 0.5) is 0 Å². The molecule has 1 fully saturated rings. The van der Waals surface area contributed by atoms with Crippen molar-refractivity contribution >= 4 is 17.3 Å². The SMILES string of the molecule is CC1(C)CC(=O)C([C@@H](C2=C(O)CC(C)(C)CC2=O)[C@H](O)CO)C(=O)C1. The molecule has 0 aliphatic heterocycles. The van der Waals surface area contributed by atoms with Crippen molar-refractivity contribution < 1.29 is 29.7 Å². The maximum absolute atomic E-state index is 12.6. The molecular formula is C19H28O6. The summed E-state index contributed by atoms with van der Waals surface area (Å²) in [5, 5.41) is 30.2. The first-order valence-electron chi connectivity index (χ1n) is 8.68. The van der Waals surface area contributed by atoms with E-state index in [1.165, 1.54) is 0 Å². The molecule has 0 spiro atoms. The Hall–Kier alpha value is -1.53. The Labute approximate surface area is 147 Å². The van der Waals surface area contributed by atoms with E-state index in [-0.39, 0.29) is 54.4 Å². The van der Waals surface area contributed by atoms with Crippen molar-refractivity contribution in [2.75, 3.05) is 6.61 Å². The summed E-state index contributed by atoms with van der Waals surface area (Å²) in [6.07, 6.45) is -0.760. The summed E-state index contributed by atoms with van der Waals surface area (Å²) < 4.78 is 0. The van der Waals surface area contributed by atoms with E-state index >= 15 is 0 Å². The van der Waals surface area contributed by atoms with E-state index in [9.17, 15) is 29.7 Å². The molecule has 2 aliphatic rings. The van der Waals surface area contributed by atoms with Gasteiger partial charge in [-0.3, -0.25) is 14.4 Å². The second kappa shape index (κ2) is 6.65. The van der Waals surface area contributed by atoms with Gasteiger partial charge < -0.3 is 15.3 Å². The van der Waals surface area contributed by atoms with Crippen molar-refractivity contribution in [2.45, 2.75) is 59.5 Å². The maximum atomic E-state index is 12.6. The summed E-state index contributed by atoms with van der Waals surface area (Å²) in [6.45, 7) is 6.63. The fraction of sp³-hybridized carbons (Fsp3) is 0.737. The number of carbonyl (C=O) groups excluding carboxylic acids is 3. The molecule has 0 aromatic heterocycles. The third-order valence-corrected chi connectivity index (χ3v) is 5.19. The Morgan fingerprint density at radius 2 is 1.44 bits per heavy atom. The Morgan fingerprint density at radius 1 is 0.960 bits per heavy atom. The van der Waals surface area contributed by atoms with Gasteiger partial charge in [0.2, 0.25) is 0 Å². The molecule has 0 amide bonds. The average Bonchev–Trinajstić information content (AvgIpc) is 2.40. The van der Waals surface area contributed by atoms with Crippen LogP contribution in [0.1, 0.15) is 53.4 Å². The molecule has 2 rings (SSSR count). The molecular weight excluding hydrogens is 324 g/mol. The molecule has 1 saturated carbocycles. The highest BCUT2D eigenvalue weighted by atomic mass is 16.3. The summed E-state index contributed by atoms with van der Waals surface area (Å²) >= 11 is 0. The number of carbonyl (C=O) groups is 3. The average molecular weight is 352 g/mol. The van der Waals surface area contributed by atoms with Crippen LogP contribution in [0.2, 0.25) is 0 Å². The van der Waals surface area contributed by atoms with Gasteiger partial charge in [0.15, 0.2) is 5.78 Å². The van der Waals surface area contributed by atoms with Crippen LogP contribution in [0.15, 0.2) is 11.3 Å². The minimum atomic E-state index is -1.46. The number of ketones is 3. The van der Waals surface area contributed by atoms with Gasteiger partial charge >= 0.3 is 0 Å². The Morgan fingerprint density at radius 3 is 1.88 bits per heavy atom. The van der Waals surface area contributed by atoms with Crippen molar-refractivity contribution in [3.05, 3.63) is 11.3 Å².